The second-order valence-corrected chi connectivity index (χ2v) is 5.34. The van der Waals surface area contributed by atoms with Crippen molar-refractivity contribution in [3.63, 3.8) is 0 Å². The number of aromatic hydroxyl groups is 1. The highest BCUT2D eigenvalue weighted by atomic mass is 79.9. The first kappa shape index (κ1) is 15.5. The van der Waals surface area contributed by atoms with E-state index in [2.05, 4.69) is 21.2 Å². The maximum absolute atomic E-state index is 13.5. The Morgan fingerprint density at radius 2 is 1.80 bits per heavy atom. The quantitative estimate of drug-likeness (QED) is 0.645. The highest BCUT2D eigenvalue weighted by Gasteiger charge is 2.34. The first-order valence-corrected chi connectivity index (χ1v) is 6.82. The minimum Gasteiger partial charge on any atom is -0.505 e. The summed E-state index contributed by atoms with van der Waals surface area (Å²) in [5.74, 6) is -3.87. The molecule has 0 radical (unpaired) electrons. The summed E-state index contributed by atoms with van der Waals surface area (Å²) in [4.78, 5) is 1.44. The average molecular weight is 357 g/mol. The van der Waals surface area contributed by atoms with E-state index in [1.165, 1.54) is 4.90 Å². The van der Waals surface area contributed by atoms with Crippen LogP contribution in [0.4, 0.5) is 17.6 Å². The fraction of sp³-hybridized carbons (Fsp3) is 0.500. The number of rotatable bonds is 3. The van der Waals surface area contributed by atoms with Crippen LogP contribution in [0.5, 0.6) is 5.75 Å². The second-order valence-electron chi connectivity index (χ2n) is 4.49. The Labute approximate surface area is 121 Å². The summed E-state index contributed by atoms with van der Waals surface area (Å²) in [7, 11) is 0. The lowest BCUT2D eigenvalue weighted by molar-refractivity contribution is 0.0167. The van der Waals surface area contributed by atoms with E-state index in [9.17, 15) is 22.7 Å². The van der Waals surface area contributed by atoms with Gasteiger partial charge in [0.1, 0.15) is 6.04 Å². The molecule has 1 saturated heterocycles. The van der Waals surface area contributed by atoms with E-state index in [1.54, 1.807) is 0 Å². The van der Waals surface area contributed by atoms with Gasteiger partial charge in [-0.3, -0.25) is 4.90 Å². The van der Waals surface area contributed by atoms with Gasteiger partial charge >= 0.3 is 0 Å². The van der Waals surface area contributed by atoms with Gasteiger partial charge in [0.2, 0.25) is 5.82 Å². The van der Waals surface area contributed by atoms with Crippen molar-refractivity contribution in [2.24, 2.45) is 0 Å². The zero-order chi connectivity index (χ0) is 14.9. The van der Waals surface area contributed by atoms with E-state index >= 15 is 0 Å². The third-order valence-electron chi connectivity index (χ3n) is 3.27. The van der Waals surface area contributed by atoms with Crippen LogP contribution in [-0.2, 0) is 0 Å². The second kappa shape index (κ2) is 6.28. The minimum absolute atomic E-state index is 0.288. The molecule has 1 aliphatic rings. The lowest BCUT2D eigenvalue weighted by Crippen LogP contribution is -2.47. The van der Waals surface area contributed by atoms with Gasteiger partial charge in [0.05, 0.1) is 4.47 Å². The Balaban J connectivity index is 2.44. The zero-order valence-electron chi connectivity index (χ0n) is 10.3. The SMILES string of the molecule is Oc1c([C@@H](C(F)F)N2CCNCC2)cc(Br)c(F)c1F. The third kappa shape index (κ3) is 2.91. The molecule has 0 amide bonds. The number of phenolic OH excluding ortho intramolecular Hbond substituents is 1. The number of halogens is 5. The summed E-state index contributed by atoms with van der Waals surface area (Å²) in [6, 6.07) is -0.462. The van der Waals surface area contributed by atoms with Gasteiger partial charge in [-0.15, -0.1) is 0 Å². The number of nitrogens with zero attached hydrogens (tertiary/aromatic N) is 1. The molecule has 1 atom stereocenters. The third-order valence-corrected chi connectivity index (χ3v) is 3.85. The number of hydrogen-bond donors (Lipinski definition) is 2. The van der Waals surface area contributed by atoms with Crippen molar-refractivity contribution in [3.05, 3.63) is 27.7 Å². The highest BCUT2D eigenvalue weighted by Crippen LogP contribution is 2.38. The number of benzene rings is 1. The molecule has 3 nitrogen and oxygen atoms in total. The molecule has 0 unspecified atom stereocenters. The number of nitrogens with one attached hydrogen (secondary N) is 1. The molecule has 1 heterocycles. The molecule has 1 fully saturated rings. The van der Waals surface area contributed by atoms with Gasteiger partial charge in [-0.2, -0.15) is 4.39 Å². The van der Waals surface area contributed by atoms with Crippen LogP contribution in [0.2, 0.25) is 0 Å². The molecule has 2 N–H and O–H groups in total. The zero-order valence-corrected chi connectivity index (χ0v) is 11.9. The number of phenols is 1. The molecule has 0 aliphatic carbocycles. The average Bonchev–Trinajstić information content (AvgIpc) is 2.43. The van der Waals surface area contributed by atoms with Crippen LogP contribution in [0.25, 0.3) is 0 Å². The predicted octanol–water partition coefficient (Wildman–Crippen LogP) is 2.64. The largest absolute Gasteiger partial charge is 0.505 e. The van der Waals surface area contributed by atoms with E-state index in [0.717, 1.165) is 6.07 Å². The first-order chi connectivity index (χ1) is 9.43. The van der Waals surface area contributed by atoms with Crippen LogP contribution in [-0.4, -0.2) is 42.6 Å². The van der Waals surface area contributed by atoms with Gasteiger partial charge in [0.25, 0.3) is 6.43 Å². The van der Waals surface area contributed by atoms with Crippen molar-refractivity contribution in [3.8, 4) is 5.75 Å². The van der Waals surface area contributed by atoms with Crippen molar-refractivity contribution in [2.75, 3.05) is 26.2 Å². The van der Waals surface area contributed by atoms with E-state index in [4.69, 9.17) is 0 Å². The van der Waals surface area contributed by atoms with E-state index in [0.29, 0.717) is 26.2 Å². The smallest absolute Gasteiger partial charge is 0.258 e. The maximum atomic E-state index is 13.5. The van der Waals surface area contributed by atoms with E-state index in [1.807, 2.05) is 0 Å². The Morgan fingerprint density at radius 3 is 2.35 bits per heavy atom. The van der Waals surface area contributed by atoms with E-state index < -0.39 is 29.9 Å². The van der Waals surface area contributed by atoms with Crippen LogP contribution in [0.3, 0.4) is 0 Å². The van der Waals surface area contributed by atoms with Gasteiger partial charge in [-0.05, 0) is 22.0 Å². The van der Waals surface area contributed by atoms with Crippen LogP contribution < -0.4 is 5.32 Å². The molecule has 0 saturated carbocycles. The van der Waals surface area contributed by atoms with Crippen LogP contribution in [0, 0.1) is 11.6 Å². The molecule has 0 aromatic heterocycles. The molecule has 0 spiro atoms. The van der Waals surface area contributed by atoms with Crippen LogP contribution in [0.1, 0.15) is 11.6 Å². The Hall–Kier alpha value is -0.860. The predicted molar refractivity (Wildman–Crippen MR) is 68.9 cm³/mol. The molecule has 8 heteroatoms. The summed E-state index contributed by atoms with van der Waals surface area (Å²) >= 11 is 2.77. The molecule has 1 aliphatic heterocycles. The summed E-state index contributed by atoms with van der Waals surface area (Å²) in [5, 5.41) is 12.7. The van der Waals surface area contributed by atoms with E-state index in [-0.39, 0.29) is 10.0 Å². The summed E-state index contributed by atoms with van der Waals surface area (Å²) in [5.41, 5.74) is -0.312. The van der Waals surface area contributed by atoms with Crippen molar-refractivity contribution in [1.29, 1.82) is 0 Å². The van der Waals surface area contributed by atoms with Gasteiger partial charge < -0.3 is 10.4 Å². The fourth-order valence-electron chi connectivity index (χ4n) is 2.28. The lowest BCUT2D eigenvalue weighted by atomic mass is 10.0. The minimum atomic E-state index is -2.82. The molecular weight excluding hydrogens is 344 g/mol. The van der Waals surface area contributed by atoms with Crippen LogP contribution in [0.15, 0.2) is 10.5 Å². The molecular formula is C12H13BrF4N2O. The Bertz CT molecular complexity index is 495. The Morgan fingerprint density at radius 1 is 1.20 bits per heavy atom. The summed E-state index contributed by atoms with van der Waals surface area (Å²) in [6.45, 7) is 1.72. The summed E-state index contributed by atoms with van der Waals surface area (Å²) < 4.78 is 53.1. The van der Waals surface area contributed by atoms with Crippen molar-refractivity contribution in [1.82, 2.24) is 10.2 Å². The number of alkyl halides is 2. The van der Waals surface area contributed by atoms with Crippen molar-refractivity contribution in [2.45, 2.75) is 12.5 Å². The standard InChI is InChI=1S/C12H13BrF4N2O/c13-7-5-6(11(20)9(15)8(7)14)10(12(16)17)19-3-1-18-2-4-19/h5,10,12,18,20H,1-4H2/t10-/m0/s1. The maximum Gasteiger partial charge on any atom is 0.258 e. The monoisotopic (exact) mass is 356 g/mol. The van der Waals surface area contributed by atoms with Crippen molar-refractivity contribution >= 4 is 15.9 Å². The van der Waals surface area contributed by atoms with Gasteiger partial charge in [-0.1, -0.05) is 0 Å². The highest BCUT2D eigenvalue weighted by molar-refractivity contribution is 9.10. The van der Waals surface area contributed by atoms with Crippen LogP contribution >= 0.6 is 15.9 Å². The fourth-order valence-corrected chi connectivity index (χ4v) is 2.70. The summed E-state index contributed by atoms with van der Waals surface area (Å²) in [6.07, 6.45) is -2.82. The molecule has 2 rings (SSSR count). The number of piperazine rings is 1. The topological polar surface area (TPSA) is 35.5 Å². The van der Waals surface area contributed by atoms with Gasteiger partial charge in [0, 0.05) is 31.7 Å². The molecule has 0 bridgehead atoms. The normalized spacial score (nSPS) is 18.5. The first-order valence-electron chi connectivity index (χ1n) is 6.02. The molecule has 1 aromatic carbocycles. The Kier molecular flexibility index (Phi) is 4.87. The number of hydrogen-bond acceptors (Lipinski definition) is 3. The lowest BCUT2D eigenvalue weighted by Gasteiger charge is -2.35. The molecule has 20 heavy (non-hydrogen) atoms. The molecule has 1 aromatic rings. The van der Waals surface area contributed by atoms with Gasteiger partial charge in [0.15, 0.2) is 11.6 Å². The van der Waals surface area contributed by atoms with Gasteiger partial charge in [-0.25, -0.2) is 13.2 Å². The van der Waals surface area contributed by atoms with Crippen molar-refractivity contribution < 1.29 is 22.7 Å². The molecule has 112 valence electrons.